The lowest BCUT2D eigenvalue weighted by Crippen LogP contribution is -2.41. The predicted molar refractivity (Wildman–Crippen MR) is 75.2 cm³/mol. The Balaban J connectivity index is 2.36. The Morgan fingerprint density at radius 3 is 2.00 bits per heavy atom. The molecule has 0 aliphatic carbocycles. The Labute approximate surface area is 119 Å². The van der Waals surface area contributed by atoms with Crippen LogP contribution in [0.25, 0.3) is 0 Å². The molecule has 7 heteroatoms. The fraction of sp³-hybridized carbons (Fsp3) is 0.538. The van der Waals surface area contributed by atoms with Gasteiger partial charge >= 0.3 is 7.12 Å². The molecule has 1 saturated heterocycles. The molecule has 0 spiro atoms. The topological polar surface area (TPSA) is 52.6 Å². The Morgan fingerprint density at radius 1 is 1.10 bits per heavy atom. The Hall–Kier alpha value is -0.915. The van der Waals surface area contributed by atoms with Gasteiger partial charge in [0.2, 0.25) is 0 Å². The Bertz CT molecular complexity index is 624. The minimum Gasteiger partial charge on any atom is -0.399 e. The molecule has 2 rings (SSSR count). The van der Waals surface area contributed by atoms with E-state index in [-0.39, 0.29) is 4.90 Å². The van der Waals surface area contributed by atoms with Crippen molar-refractivity contribution in [2.45, 2.75) is 43.8 Å². The summed E-state index contributed by atoms with van der Waals surface area (Å²) >= 11 is 0. The molecule has 110 valence electrons. The summed E-state index contributed by atoms with van der Waals surface area (Å²) in [6.45, 7) is 7.59. The SMILES string of the molecule is CC1(C)OB(c2ccc(S(C)(=O)=O)c(F)c2)OC1(C)C. The molecule has 1 aromatic carbocycles. The van der Waals surface area contributed by atoms with Crippen molar-refractivity contribution in [1.82, 2.24) is 0 Å². The summed E-state index contributed by atoms with van der Waals surface area (Å²) < 4.78 is 48.3. The minimum absolute atomic E-state index is 0.322. The normalized spacial score (nSPS) is 21.2. The van der Waals surface area contributed by atoms with Crippen molar-refractivity contribution in [1.29, 1.82) is 0 Å². The summed E-state index contributed by atoms with van der Waals surface area (Å²) in [6.07, 6.45) is 0.972. The van der Waals surface area contributed by atoms with Crippen LogP contribution in [0.15, 0.2) is 23.1 Å². The Morgan fingerprint density at radius 2 is 1.60 bits per heavy atom. The van der Waals surface area contributed by atoms with Gasteiger partial charge in [-0.1, -0.05) is 6.07 Å². The van der Waals surface area contributed by atoms with Crippen LogP contribution < -0.4 is 5.46 Å². The van der Waals surface area contributed by atoms with E-state index in [0.717, 1.165) is 12.3 Å². The maximum Gasteiger partial charge on any atom is 0.494 e. The highest BCUT2D eigenvalue weighted by atomic mass is 32.2. The molecule has 0 radical (unpaired) electrons. The van der Waals surface area contributed by atoms with Gasteiger partial charge in [-0.25, -0.2) is 12.8 Å². The molecule has 1 aliphatic rings. The van der Waals surface area contributed by atoms with Crippen LogP contribution in [0.5, 0.6) is 0 Å². The first-order valence-corrected chi connectivity index (χ1v) is 8.18. The molecule has 4 nitrogen and oxygen atoms in total. The van der Waals surface area contributed by atoms with Gasteiger partial charge in [0.25, 0.3) is 0 Å². The second-order valence-corrected chi connectivity index (χ2v) is 8.03. The van der Waals surface area contributed by atoms with Crippen molar-refractivity contribution >= 4 is 22.4 Å². The van der Waals surface area contributed by atoms with E-state index in [0.29, 0.717) is 5.46 Å². The number of rotatable bonds is 2. The molecule has 0 atom stereocenters. The predicted octanol–water partition coefficient (Wildman–Crippen LogP) is 1.53. The molecule has 20 heavy (non-hydrogen) atoms. The van der Waals surface area contributed by atoms with Gasteiger partial charge in [0, 0.05) is 6.26 Å². The number of halogens is 1. The highest BCUT2D eigenvalue weighted by Gasteiger charge is 2.51. The van der Waals surface area contributed by atoms with E-state index in [1.54, 1.807) is 0 Å². The number of sulfone groups is 1. The minimum atomic E-state index is -3.58. The second kappa shape index (κ2) is 4.54. The van der Waals surface area contributed by atoms with Crippen LogP contribution in [-0.4, -0.2) is 33.0 Å². The highest BCUT2D eigenvalue weighted by Crippen LogP contribution is 2.36. The molecular weight excluding hydrogens is 282 g/mol. The summed E-state index contributed by atoms with van der Waals surface area (Å²) in [5.41, 5.74) is -0.582. The number of hydrogen-bond acceptors (Lipinski definition) is 4. The maximum atomic E-state index is 13.9. The van der Waals surface area contributed by atoms with Crippen molar-refractivity contribution in [3.8, 4) is 0 Å². The summed E-state index contributed by atoms with van der Waals surface area (Å²) in [5.74, 6) is -0.792. The van der Waals surface area contributed by atoms with Crippen molar-refractivity contribution < 1.29 is 22.1 Å². The molecule has 0 bridgehead atoms. The zero-order valence-electron chi connectivity index (χ0n) is 12.2. The molecule has 0 saturated carbocycles. The fourth-order valence-corrected chi connectivity index (χ4v) is 2.67. The summed E-state index contributed by atoms with van der Waals surface area (Å²) in [4.78, 5) is -0.322. The maximum absolute atomic E-state index is 13.9. The monoisotopic (exact) mass is 300 g/mol. The van der Waals surface area contributed by atoms with Crippen LogP contribution >= 0.6 is 0 Å². The van der Waals surface area contributed by atoms with Crippen LogP contribution in [0, 0.1) is 5.82 Å². The van der Waals surface area contributed by atoms with E-state index in [1.807, 2.05) is 27.7 Å². The average molecular weight is 300 g/mol. The first-order valence-electron chi connectivity index (χ1n) is 6.29. The highest BCUT2D eigenvalue weighted by molar-refractivity contribution is 7.90. The lowest BCUT2D eigenvalue weighted by Gasteiger charge is -2.32. The lowest BCUT2D eigenvalue weighted by atomic mass is 9.79. The smallest absolute Gasteiger partial charge is 0.399 e. The van der Waals surface area contributed by atoms with E-state index < -0.39 is 34.0 Å². The molecule has 0 aromatic heterocycles. The quantitative estimate of drug-likeness (QED) is 0.777. The van der Waals surface area contributed by atoms with Gasteiger partial charge in [0.15, 0.2) is 9.84 Å². The molecule has 1 heterocycles. The van der Waals surface area contributed by atoms with E-state index in [4.69, 9.17) is 9.31 Å². The van der Waals surface area contributed by atoms with Crippen molar-refractivity contribution in [2.24, 2.45) is 0 Å². The molecule has 0 unspecified atom stereocenters. The third kappa shape index (κ3) is 2.62. The standard InChI is InChI=1S/C13H18BFO4S/c1-12(2)13(3,4)19-14(18-12)9-6-7-11(10(15)8-9)20(5,16)17/h6-8H,1-5H3. The first-order chi connectivity index (χ1) is 8.94. The average Bonchev–Trinajstić information content (AvgIpc) is 2.46. The summed E-state index contributed by atoms with van der Waals surface area (Å²) in [5, 5.41) is 0. The summed E-state index contributed by atoms with van der Waals surface area (Å²) in [6, 6.07) is 3.91. The third-order valence-electron chi connectivity index (χ3n) is 3.88. The van der Waals surface area contributed by atoms with Gasteiger partial charge in [-0.3, -0.25) is 0 Å². The van der Waals surface area contributed by atoms with E-state index in [9.17, 15) is 12.8 Å². The van der Waals surface area contributed by atoms with Gasteiger partial charge < -0.3 is 9.31 Å². The van der Waals surface area contributed by atoms with Gasteiger partial charge in [-0.05, 0) is 45.3 Å². The first kappa shape index (κ1) is 15.5. The molecule has 0 N–H and O–H groups in total. The third-order valence-corrected chi connectivity index (χ3v) is 5.01. The van der Waals surface area contributed by atoms with Crippen molar-refractivity contribution in [3.05, 3.63) is 24.0 Å². The molecule has 1 aromatic rings. The van der Waals surface area contributed by atoms with E-state index in [1.165, 1.54) is 12.1 Å². The molecule has 1 aliphatic heterocycles. The Kier molecular flexibility index (Phi) is 3.52. The summed E-state index contributed by atoms with van der Waals surface area (Å²) in [7, 11) is -4.28. The van der Waals surface area contributed by atoms with Crippen LogP contribution in [0.2, 0.25) is 0 Å². The van der Waals surface area contributed by atoms with Gasteiger partial charge in [-0.15, -0.1) is 0 Å². The zero-order chi connectivity index (χ0) is 15.3. The van der Waals surface area contributed by atoms with Crippen LogP contribution in [0.3, 0.4) is 0 Å². The van der Waals surface area contributed by atoms with Gasteiger partial charge in [0.1, 0.15) is 10.7 Å². The van der Waals surface area contributed by atoms with E-state index >= 15 is 0 Å². The molecule has 0 amide bonds. The number of hydrogen-bond donors (Lipinski definition) is 0. The zero-order valence-corrected chi connectivity index (χ0v) is 13.0. The second-order valence-electron chi connectivity index (χ2n) is 6.05. The van der Waals surface area contributed by atoms with Crippen LogP contribution in [0.4, 0.5) is 4.39 Å². The van der Waals surface area contributed by atoms with Crippen LogP contribution in [-0.2, 0) is 19.1 Å². The largest absolute Gasteiger partial charge is 0.494 e. The van der Waals surface area contributed by atoms with Crippen molar-refractivity contribution in [2.75, 3.05) is 6.26 Å². The van der Waals surface area contributed by atoms with Gasteiger partial charge in [-0.2, -0.15) is 0 Å². The lowest BCUT2D eigenvalue weighted by molar-refractivity contribution is 0.00578. The fourth-order valence-electron chi connectivity index (χ4n) is 1.94. The molecule has 1 fully saturated rings. The number of benzene rings is 1. The molecular formula is C13H18BFO4S. The van der Waals surface area contributed by atoms with Crippen molar-refractivity contribution in [3.63, 3.8) is 0 Å². The van der Waals surface area contributed by atoms with E-state index in [2.05, 4.69) is 0 Å². The van der Waals surface area contributed by atoms with Crippen LogP contribution in [0.1, 0.15) is 27.7 Å². The van der Waals surface area contributed by atoms with Gasteiger partial charge in [0.05, 0.1) is 11.2 Å².